The lowest BCUT2D eigenvalue weighted by molar-refractivity contribution is -0.139. The normalized spacial score (nSPS) is 10.2. The van der Waals surface area contributed by atoms with Crippen LogP contribution in [0.2, 0.25) is 0 Å². The van der Waals surface area contributed by atoms with Crippen molar-refractivity contribution in [1.29, 1.82) is 0 Å². The summed E-state index contributed by atoms with van der Waals surface area (Å²) in [6, 6.07) is 10.1. The number of ether oxygens (including phenoxy) is 1. The second-order valence-electron chi connectivity index (χ2n) is 3.58. The first-order chi connectivity index (χ1) is 8.31. The molecule has 1 aromatic carbocycles. The predicted molar refractivity (Wildman–Crippen MR) is 69.8 cm³/mol. The molecule has 0 saturated carbocycles. The van der Waals surface area contributed by atoms with Crippen molar-refractivity contribution in [2.75, 3.05) is 7.11 Å². The van der Waals surface area contributed by atoms with E-state index in [2.05, 4.69) is 22.2 Å². The first kappa shape index (κ1) is 11.9. The minimum absolute atomic E-state index is 0.217. The Morgan fingerprint density at radius 3 is 2.88 bits per heavy atom. The van der Waals surface area contributed by atoms with E-state index >= 15 is 0 Å². The number of methoxy groups -OCH3 is 1. The largest absolute Gasteiger partial charge is 0.469 e. The van der Waals surface area contributed by atoms with Crippen LogP contribution in [0, 0.1) is 6.42 Å². The van der Waals surface area contributed by atoms with E-state index in [9.17, 15) is 4.79 Å². The van der Waals surface area contributed by atoms with Crippen molar-refractivity contribution in [1.82, 2.24) is 0 Å². The van der Waals surface area contributed by atoms with E-state index in [1.807, 2.05) is 30.0 Å². The topological polar surface area (TPSA) is 26.3 Å². The molecule has 3 heteroatoms. The molecule has 0 N–H and O–H groups in total. The third-order valence-electron chi connectivity index (χ3n) is 2.51. The molecule has 2 aromatic rings. The van der Waals surface area contributed by atoms with Gasteiger partial charge < -0.3 is 4.74 Å². The van der Waals surface area contributed by atoms with Crippen molar-refractivity contribution in [2.24, 2.45) is 0 Å². The van der Waals surface area contributed by atoms with Crippen LogP contribution >= 0.6 is 11.3 Å². The molecule has 0 aliphatic rings. The van der Waals surface area contributed by atoms with E-state index in [0.717, 1.165) is 11.1 Å². The van der Waals surface area contributed by atoms with Gasteiger partial charge in [-0.05, 0) is 33.5 Å². The number of esters is 1. The Morgan fingerprint density at radius 1 is 1.35 bits per heavy atom. The van der Waals surface area contributed by atoms with E-state index in [0.29, 0.717) is 6.42 Å². The summed E-state index contributed by atoms with van der Waals surface area (Å²) in [7, 11) is 1.40. The van der Waals surface area contributed by atoms with Gasteiger partial charge in [-0.2, -0.15) is 11.3 Å². The number of carbonyl (C=O) groups is 1. The summed E-state index contributed by atoms with van der Waals surface area (Å²) in [5.74, 6) is -0.217. The Morgan fingerprint density at radius 2 is 2.18 bits per heavy atom. The van der Waals surface area contributed by atoms with Crippen molar-refractivity contribution < 1.29 is 9.53 Å². The number of thiophene rings is 1. The minimum Gasteiger partial charge on any atom is -0.469 e. The minimum atomic E-state index is -0.217. The number of hydrogen-bond acceptors (Lipinski definition) is 3. The molecule has 2 rings (SSSR count). The summed E-state index contributed by atoms with van der Waals surface area (Å²) >= 11 is 1.67. The van der Waals surface area contributed by atoms with E-state index in [4.69, 9.17) is 0 Å². The van der Waals surface area contributed by atoms with E-state index in [1.54, 1.807) is 11.3 Å². The first-order valence-corrected chi connectivity index (χ1v) is 6.27. The molecular weight excluding hydrogens is 232 g/mol. The Kier molecular flexibility index (Phi) is 3.94. The summed E-state index contributed by atoms with van der Waals surface area (Å²) in [5.41, 5.74) is 3.40. The van der Waals surface area contributed by atoms with Gasteiger partial charge in [0.2, 0.25) is 0 Å². The highest BCUT2D eigenvalue weighted by Gasteiger charge is 2.07. The molecule has 0 aliphatic carbocycles. The van der Waals surface area contributed by atoms with Gasteiger partial charge in [-0.15, -0.1) is 0 Å². The standard InChI is InChI=1S/C14H13O2S/c1-16-14(15)7-6-11-4-2-3-5-13(11)12-8-9-17-10-12/h2-6,8-10H,7H2,1H3. The molecule has 0 atom stereocenters. The van der Waals surface area contributed by atoms with Gasteiger partial charge >= 0.3 is 5.97 Å². The molecule has 0 saturated heterocycles. The van der Waals surface area contributed by atoms with Crippen molar-refractivity contribution in [3.63, 3.8) is 0 Å². The van der Waals surface area contributed by atoms with Gasteiger partial charge in [0, 0.05) is 6.42 Å². The lowest BCUT2D eigenvalue weighted by Crippen LogP contribution is -2.01. The second-order valence-corrected chi connectivity index (χ2v) is 4.36. The molecule has 0 bridgehead atoms. The van der Waals surface area contributed by atoms with Crippen LogP contribution in [0.3, 0.4) is 0 Å². The predicted octanol–water partition coefficient (Wildman–Crippen LogP) is 3.53. The van der Waals surface area contributed by atoms with Crippen LogP contribution in [-0.2, 0) is 9.53 Å². The summed E-state index contributed by atoms with van der Waals surface area (Å²) in [6.45, 7) is 0. The maximum atomic E-state index is 11.1. The Hall–Kier alpha value is -1.61. The van der Waals surface area contributed by atoms with Crippen LogP contribution in [0.25, 0.3) is 11.1 Å². The van der Waals surface area contributed by atoms with Gasteiger partial charge in [-0.25, -0.2) is 0 Å². The average molecular weight is 245 g/mol. The lowest BCUT2D eigenvalue weighted by atomic mass is 9.99. The van der Waals surface area contributed by atoms with E-state index in [-0.39, 0.29) is 5.97 Å². The zero-order valence-electron chi connectivity index (χ0n) is 9.55. The van der Waals surface area contributed by atoms with Crippen LogP contribution < -0.4 is 0 Å². The zero-order valence-corrected chi connectivity index (χ0v) is 10.4. The molecular formula is C14H13O2S. The van der Waals surface area contributed by atoms with Gasteiger partial charge in [0.05, 0.1) is 13.5 Å². The second kappa shape index (κ2) is 5.64. The molecule has 1 radical (unpaired) electrons. The fraction of sp³-hybridized carbons (Fsp3) is 0.143. The molecule has 1 heterocycles. The highest BCUT2D eigenvalue weighted by Crippen LogP contribution is 2.27. The Bertz CT molecular complexity index is 489. The quantitative estimate of drug-likeness (QED) is 0.770. The Labute approximate surface area is 105 Å². The molecule has 0 spiro atoms. The maximum absolute atomic E-state index is 11.1. The number of benzene rings is 1. The van der Waals surface area contributed by atoms with Gasteiger partial charge in [0.1, 0.15) is 0 Å². The maximum Gasteiger partial charge on any atom is 0.306 e. The third-order valence-corrected chi connectivity index (χ3v) is 3.19. The van der Waals surface area contributed by atoms with Crippen LogP contribution in [0.15, 0.2) is 41.1 Å². The van der Waals surface area contributed by atoms with Crippen LogP contribution in [0.4, 0.5) is 0 Å². The van der Waals surface area contributed by atoms with Crippen LogP contribution in [-0.4, -0.2) is 13.1 Å². The number of hydrogen-bond donors (Lipinski definition) is 0. The molecule has 87 valence electrons. The summed E-state index contributed by atoms with van der Waals surface area (Å²) in [4.78, 5) is 11.1. The van der Waals surface area contributed by atoms with Gasteiger partial charge in [0.15, 0.2) is 0 Å². The number of carbonyl (C=O) groups excluding carboxylic acids is 1. The fourth-order valence-corrected chi connectivity index (χ4v) is 2.29. The SMILES string of the molecule is COC(=O)C[CH]c1ccccc1-c1ccsc1. The van der Waals surface area contributed by atoms with Gasteiger partial charge in [-0.3, -0.25) is 4.79 Å². The fourth-order valence-electron chi connectivity index (χ4n) is 1.63. The van der Waals surface area contributed by atoms with Crippen LogP contribution in [0.1, 0.15) is 12.0 Å². The third kappa shape index (κ3) is 2.94. The van der Waals surface area contributed by atoms with E-state index in [1.165, 1.54) is 12.7 Å². The number of rotatable bonds is 4. The van der Waals surface area contributed by atoms with Crippen molar-refractivity contribution in [3.05, 3.63) is 53.1 Å². The lowest BCUT2D eigenvalue weighted by Gasteiger charge is -2.06. The monoisotopic (exact) mass is 245 g/mol. The Balaban J connectivity index is 2.20. The van der Waals surface area contributed by atoms with Gasteiger partial charge in [0.25, 0.3) is 0 Å². The molecule has 0 fully saturated rings. The molecule has 17 heavy (non-hydrogen) atoms. The molecule has 1 aromatic heterocycles. The van der Waals surface area contributed by atoms with E-state index < -0.39 is 0 Å². The highest BCUT2D eigenvalue weighted by atomic mass is 32.1. The highest BCUT2D eigenvalue weighted by molar-refractivity contribution is 7.08. The average Bonchev–Trinajstić information content (AvgIpc) is 2.90. The van der Waals surface area contributed by atoms with Crippen LogP contribution in [0.5, 0.6) is 0 Å². The van der Waals surface area contributed by atoms with Gasteiger partial charge in [-0.1, -0.05) is 24.3 Å². The summed E-state index contributed by atoms with van der Waals surface area (Å²) < 4.78 is 4.63. The van der Waals surface area contributed by atoms with Crippen molar-refractivity contribution in [2.45, 2.75) is 6.42 Å². The van der Waals surface area contributed by atoms with Crippen molar-refractivity contribution >= 4 is 17.3 Å². The summed E-state index contributed by atoms with van der Waals surface area (Å²) in [5, 5.41) is 4.15. The first-order valence-electron chi connectivity index (χ1n) is 5.33. The molecule has 0 unspecified atom stereocenters. The summed E-state index contributed by atoms with van der Waals surface area (Å²) in [6.07, 6.45) is 2.20. The molecule has 2 nitrogen and oxygen atoms in total. The molecule has 0 aliphatic heterocycles. The smallest absolute Gasteiger partial charge is 0.306 e. The van der Waals surface area contributed by atoms with Crippen molar-refractivity contribution in [3.8, 4) is 11.1 Å². The zero-order chi connectivity index (χ0) is 12.1. The molecule has 0 amide bonds.